The van der Waals surface area contributed by atoms with Crippen molar-refractivity contribution in [1.82, 2.24) is 4.98 Å². The quantitative estimate of drug-likeness (QED) is 0.763. The van der Waals surface area contributed by atoms with Crippen LogP contribution in [-0.2, 0) is 12.8 Å². The lowest BCUT2D eigenvalue weighted by Crippen LogP contribution is -2.23. The van der Waals surface area contributed by atoms with Crippen molar-refractivity contribution in [2.45, 2.75) is 45.2 Å². The van der Waals surface area contributed by atoms with Gasteiger partial charge in [-0.1, -0.05) is 13.0 Å². The molecule has 0 bridgehead atoms. The number of nitrogens with zero attached hydrogens (tertiary/aromatic N) is 1. The molecule has 0 amide bonds. The van der Waals surface area contributed by atoms with E-state index in [1.54, 1.807) is 0 Å². The fourth-order valence-electron chi connectivity index (χ4n) is 1.50. The van der Waals surface area contributed by atoms with Crippen LogP contribution in [0.15, 0.2) is 18.2 Å². The summed E-state index contributed by atoms with van der Waals surface area (Å²) < 4.78 is 0. The molecule has 3 heteroatoms. The lowest BCUT2D eigenvalue weighted by Gasteiger charge is -2.10. The van der Waals surface area contributed by atoms with E-state index in [1.807, 2.05) is 25.1 Å². The zero-order valence-corrected chi connectivity index (χ0v) is 9.61. The van der Waals surface area contributed by atoms with Gasteiger partial charge in [0.25, 0.3) is 0 Å². The molecule has 0 radical (unpaired) electrons. The molecule has 0 aliphatic carbocycles. The van der Waals surface area contributed by atoms with Crippen LogP contribution in [-0.4, -0.2) is 17.1 Å². The second-order valence-electron chi connectivity index (χ2n) is 4.17. The Balaban J connectivity index is 2.65. The maximum absolute atomic E-state index is 5.89. The van der Waals surface area contributed by atoms with Crippen molar-refractivity contribution in [2.75, 3.05) is 0 Å². The van der Waals surface area contributed by atoms with Crippen molar-refractivity contribution >= 4 is 0 Å². The second kappa shape index (κ2) is 5.83. The van der Waals surface area contributed by atoms with Gasteiger partial charge in [0, 0.05) is 36.3 Å². The molecule has 0 saturated carbocycles. The summed E-state index contributed by atoms with van der Waals surface area (Å²) in [5.74, 6) is 0. The van der Waals surface area contributed by atoms with Crippen LogP contribution in [0.3, 0.4) is 0 Å². The van der Waals surface area contributed by atoms with E-state index in [0.717, 1.165) is 30.7 Å². The van der Waals surface area contributed by atoms with E-state index in [2.05, 4.69) is 11.9 Å². The molecule has 0 saturated heterocycles. The van der Waals surface area contributed by atoms with E-state index in [4.69, 9.17) is 11.5 Å². The van der Waals surface area contributed by atoms with Crippen LogP contribution in [0.25, 0.3) is 0 Å². The second-order valence-corrected chi connectivity index (χ2v) is 4.17. The summed E-state index contributed by atoms with van der Waals surface area (Å²) in [6.45, 7) is 4.09. The molecule has 2 atom stereocenters. The van der Waals surface area contributed by atoms with Crippen LogP contribution >= 0.6 is 0 Å². The minimum Gasteiger partial charge on any atom is -0.328 e. The highest BCUT2D eigenvalue weighted by Crippen LogP contribution is 2.05. The van der Waals surface area contributed by atoms with Crippen molar-refractivity contribution in [1.29, 1.82) is 0 Å². The maximum atomic E-state index is 5.89. The minimum absolute atomic E-state index is 0.160. The third-order valence-corrected chi connectivity index (χ3v) is 2.39. The third-order valence-electron chi connectivity index (χ3n) is 2.39. The molecule has 0 spiro atoms. The number of pyridine rings is 1. The predicted octanol–water partition coefficient (Wildman–Crippen LogP) is 1.25. The van der Waals surface area contributed by atoms with Gasteiger partial charge in [0.05, 0.1) is 0 Å². The number of nitrogens with two attached hydrogens (primary N) is 2. The molecule has 0 aliphatic rings. The largest absolute Gasteiger partial charge is 0.328 e. The molecule has 1 aromatic rings. The Morgan fingerprint density at radius 1 is 1.20 bits per heavy atom. The van der Waals surface area contributed by atoms with E-state index in [9.17, 15) is 0 Å². The number of rotatable bonds is 5. The van der Waals surface area contributed by atoms with Gasteiger partial charge in [-0.15, -0.1) is 0 Å². The van der Waals surface area contributed by atoms with Crippen molar-refractivity contribution in [3.63, 3.8) is 0 Å². The zero-order chi connectivity index (χ0) is 11.3. The molecule has 15 heavy (non-hydrogen) atoms. The Morgan fingerprint density at radius 2 is 1.80 bits per heavy atom. The summed E-state index contributed by atoms with van der Waals surface area (Å²) in [5, 5.41) is 0. The van der Waals surface area contributed by atoms with Gasteiger partial charge in [0.2, 0.25) is 0 Å². The summed E-state index contributed by atoms with van der Waals surface area (Å²) in [4.78, 5) is 4.54. The summed E-state index contributed by atoms with van der Waals surface area (Å²) in [7, 11) is 0. The highest BCUT2D eigenvalue weighted by Gasteiger charge is 2.04. The standard InChI is InChI=1S/C12H21N3/c1-3-10(14)8-12-6-4-5-11(15-12)7-9(2)13/h4-6,9-10H,3,7-8,13-14H2,1-2H3. The molecule has 84 valence electrons. The van der Waals surface area contributed by atoms with Crippen molar-refractivity contribution in [3.8, 4) is 0 Å². The number of hydrogen-bond donors (Lipinski definition) is 2. The molecular formula is C12H21N3. The normalized spacial score (nSPS) is 14.9. The Kier molecular flexibility index (Phi) is 4.72. The molecular weight excluding hydrogens is 186 g/mol. The molecule has 3 nitrogen and oxygen atoms in total. The minimum atomic E-state index is 0.160. The summed E-state index contributed by atoms with van der Waals surface area (Å²) >= 11 is 0. The first-order valence-electron chi connectivity index (χ1n) is 5.57. The first-order valence-corrected chi connectivity index (χ1v) is 5.57. The molecule has 0 fully saturated rings. The first-order chi connectivity index (χ1) is 7.11. The molecule has 1 heterocycles. The van der Waals surface area contributed by atoms with Crippen LogP contribution in [0.4, 0.5) is 0 Å². The Labute approximate surface area is 91.9 Å². The number of hydrogen-bond acceptors (Lipinski definition) is 3. The Morgan fingerprint density at radius 3 is 2.33 bits per heavy atom. The molecule has 1 aromatic heterocycles. The van der Waals surface area contributed by atoms with Gasteiger partial charge in [-0.25, -0.2) is 0 Å². The maximum Gasteiger partial charge on any atom is 0.0422 e. The molecule has 0 aliphatic heterocycles. The summed E-state index contributed by atoms with van der Waals surface area (Å²) in [5.41, 5.74) is 13.8. The average molecular weight is 207 g/mol. The highest BCUT2D eigenvalue weighted by molar-refractivity contribution is 5.13. The zero-order valence-electron chi connectivity index (χ0n) is 9.61. The van der Waals surface area contributed by atoms with E-state index >= 15 is 0 Å². The van der Waals surface area contributed by atoms with Crippen molar-refractivity contribution in [3.05, 3.63) is 29.6 Å². The number of aromatic nitrogens is 1. The smallest absolute Gasteiger partial charge is 0.0422 e. The Hall–Kier alpha value is -0.930. The van der Waals surface area contributed by atoms with Gasteiger partial charge in [-0.2, -0.15) is 0 Å². The van der Waals surface area contributed by atoms with Crippen molar-refractivity contribution < 1.29 is 0 Å². The molecule has 1 rings (SSSR count). The predicted molar refractivity (Wildman–Crippen MR) is 63.6 cm³/mol. The SMILES string of the molecule is CCC(N)Cc1cccc(CC(C)N)n1. The van der Waals surface area contributed by atoms with E-state index in [1.165, 1.54) is 0 Å². The van der Waals surface area contributed by atoms with E-state index in [0.29, 0.717) is 0 Å². The van der Waals surface area contributed by atoms with Gasteiger partial charge in [0.15, 0.2) is 0 Å². The average Bonchev–Trinajstić information content (AvgIpc) is 2.17. The van der Waals surface area contributed by atoms with Gasteiger partial charge in [-0.3, -0.25) is 4.98 Å². The summed E-state index contributed by atoms with van der Waals surface area (Å²) in [6.07, 6.45) is 2.66. The molecule has 0 aromatic carbocycles. The van der Waals surface area contributed by atoms with Crippen molar-refractivity contribution in [2.24, 2.45) is 11.5 Å². The molecule has 2 unspecified atom stereocenters. The first kappa shape index (κ1) is 12.1. The molecule has 4 N–H and O–H groups in total. The van der Waals surface area contributed by atoms with Gasteiger partial charge in [-0.05, 0) is 25.5 Å². The lowest BCUT2D eigenvalue weighted by atomic mass is 10.1. The topological polar surface area (TPSA) is 64.9 Å². The fourth-order valence-corrected chi connectivity index (χ4v) is 1.50. The Bertz CT molecular complexity index is 297. The van der Waals surface area contributed by atoms with E-state index < -0.39 is 0 Å². The van der Waals surface area contributed by atoms with Crippen LogP contribution < -0.4 is 11.5 Å². The fraction of sp³-hybridized carbons (Fsp3) is 0.583. The summed E-state index contributed by atoms with van der Waals surface area (Å²) in [6, 6.07) is 6.45. The van der Waals surface area contributed by atoms with Crippen LogP contribution in [0.5, 0.6) is 0 Å². The third kappa shape index (κ3) is 4.40. The van der Waals surface area contributed by atoms with Gasteiger partial charge >= 0.3 is 0 Å². The van der Waals surface area contributed by atoms with Crippen LogP contribution in [0, 0.1) is 0 Å². The lowest BCUT2D eigenvalue weighted by molar-refractivity contribution is 0.631. The van der Waals surface area contributed by atoms with Crippen LogP contribution in [0.2, 0.25) is 0 Å². The monoisotopic (exact) mass is 207 g/mol. The highest BCUT2D eigenvalue weighted by atomic mass is 14.7. The van der Waals surface area contributed by atoms with Crippen LogP contribution in [0.1, 0.15) is 31.7 Å². The van der Waals surface area contributed by atoms with Gasteiger partial charge < -0.3 is 11.5 Å². The van der Waals surface area contributed by atoms with E-state index in [-0.39, 0.29) is 12.1 Å². The van der Waals surface area contributed by atoms with Gasteiger partial charge in [0.1, 0.15) is 0 Å².